The van der Waals surface area contributed by atoms with Gasteiger partial charge in [0.15, 0.2) is 0 Å². The number of halogens is 3. The maximum absolute atomic E-state index is 13.1. The maximum atomic E-state index is 13.1. The fourth-order valence-corrected chi connectivity index (χ4v) is 4.94. The first-order valence-corrected chi connectivity index (χ1v) is 12.6. The summed E-state index contributed by atoms with van der Waals surface area (Å²) in [5, 5.41) is 12.8. The molecular weight excluding hydrogens is 518 g/mol. The SMILES string of the molecule is CC(C)N1Cc2cc(-c3cc(C(=O)Nc4ccc(OC(F)(F)Cl)cc4)ccc3N3CC[C@@H](O)C3)[nH]c2C1=O. The first-order chi connectivity index (χ1) is 18.0. The van der Waals surface area contributed by atoms with Crippen LogP contribution in [0.5, 0.6) is 5.75 Å². The van der Waals surface area contributed by atoms with Gasteiger partial charge in [-0.15, -0.1) is 8.78 Å². The van der Waals surface area contributed by atoms with Gasteiger partial charge in [0.25, 0.3) is 11.8 Å². The van der Waals surface area contributed by atoms with Crippen LogP contribution in [-0.4, -0.2) is 57.6 Å². The third-order valence-electron chi connectivity index (χ3n) is 6.74. The summed E-state index contributed by atoms with van der Waals surface area (Å²) < 4.78 is 30.0. The van der Waals surface area contributed by atoms with Gasteiger partial charge in [-0.1, -0.05) is 0 Å². The van der Waals surface area contributed by atoms with Crippen molar-refractivity contribution < 1.29 is 28.2 Å². The highest BCUT2D eigenvalue weighted by Gasteiger charge is 2.33. The zero-order valence-electron chi connectivity index (χ0n) is 20.8. The van der Waals surface area contributed by atoms with Crippen molar-refractivity contribution in [3.63, 3.8) is 0 Å². The molecule has 0 aliphatic carbocycles. The lowest BCUT2D eigenvalue weighted by Crippen LogP contribution is -2.31. The zero-order chi connectivity index (χ0) is 27.2. The summed E-state index contributed by atoms with van der Waals surface area (Å²) in [7, 11) is 0. The predicted octanol–water partition coefficient (Wildman–Crippen LogP) is 5.04. The van der Waals surface area contributed by atoms with E-state index in [1.165, 1.54) is 24.3 Å². The van der Waals surface area contributed by atoms with Crippen LogP contribution in [0.25, 0.3) is 11.3 Å². The second kappa shape index (κ2) is 9.92. The Hall–Kier alpha value is -3.63. The Bertz CT molecular complexity index is 1370. The number of aliphatic hydroxyl groups is 1. The van der Waals surface area contributed by atoms with Crippen molar-refractivity contribution in [3.05, 3.63) is 65.4 Å². The number of alkyl halides is 3. The summed E-state index contributed by atoms with van der Waals surface area (Å²) in [6.07, 6.45) is 0.200. The number of fused-ring (bicyclic) bond motifs is 1. The monoisotopic (exact) mass is 544 g/mol. The van der Waals surface area contributed by atoms with Crippen LogP contribution in [0.15, 0.2) is 48.5 Å². The van der Waals surface area contributed by atoms with Gasteiger partial charge >= 0.3 is 5.57 Å². The number of carbonyl (C=O) groups is 2. The molecule has 1 fully saturated rings. The first kappa shape index (κ1) is 26.0. The lowest BCUT2D eigenvalue weighted by Gasteiger charge is -2.23. The van der Waals surface area contributed by atoms with Gasteiger partial charge in [-0.3, -0.25) is 9.59 Å². The summed E-state index contributed by atoms with van der Waals surface area (Å²) in [5.74, 6) is -0.614. The van der Waals surface area contributed by atoms with E-state index in [2.05, 4.69) is 19.9 Å². The zero-order valence-corrected chi connectivity index (χ0v) is 21.6. The van der Waals surface area contributed by atoms with Crippen LogP contribution < -0.4 is 15.0 Å². The van der Waals surface area contributed by atoms with Crippen LogP contribution in [0, 0.1) is 0 Å². The number of ether oxygens (including phenoxy) is 1. The number of aromatic amines is 1. The van der Waals surface area contributed by atoms with Crippen LogP contribution in [0.1, 0.15) is 46.7 Å². The lowest BCUT2D eigenvalue weighted by molar-refractivity contribution is -0.0964. The highest BCUT2D eigenvalue weighted by Crippen LogP contribution is 2.37. The van der Waals surface area contributed by atoms with Gasteiger partial charge in [0.05, 0.1) is 6.10 Å². The van der Waals surface area contributed by atoms with Gasteiger partial charge < -0.3 is 29.9 Å². The first-order valence-electron chi connectivity index (χ1n) is 12.3. The number of aromatic nitrogens is 1. The Labute approximate surface area is 223 Å². The molecule has 0 unspecified atom stereocenters. The van der Waals surface area contributed by atoms with Crippen LogP contribution in [0.3, 0.4) is 0 Å². The second-order valence-electron chi connectivity index (χ2n) is 9.76. The molecule has 5 rings (SSSR count). The number of nitrogens with zero attached hydrogens (tertiary/aromatic N) is 2. The van der Waals surface area contributed by atoms with Gasteiger partial charge in [0.2, 0.25) is 0 Å². The molecule has 0 radical (unpaired) electrons. The van der Waals surface area contributed by atoms with Crippen molar-refractivity contribution in [2.24, 2.45) is 0 Å². The van der Waals surface area contributed by atoms with E-state index < -0.39 is 17.6 Å². The Balaban J connectivity index is 1.43. The van der Waals surface area contributed by atoms with Crippen molar-refractivity contribution in [3.8, 4) is 17.0 Å². The van der Waals surface area contributed by atoms with E-state index in [9.17, 15) is 23.5 Å². The number of benzene rings is 2. The van der Waals surface area contributed by atoms with Crippen LogP contribution in [0.4, 0.5) is 20.2 Å². The van der Waals surface area contributed by atoms with Crippen molar-refractivity contribution >= 4 is 34.8 Å². The molecule has 2 aliphatic rings. The molecule has 0 bridgehead atoms. The van der Waals surface area contributed by atoms with Crippen LogP contribution >= 0.6 is 11.6 Å². The largest absolute Gasteiger partial charge is 0.487 e. The molecule has 3 N–H and O–H groups in total. The normalized spacial score (nSPS) is 17.3. The van der Waals surface area contributed by atoms with Crippen LogP contribution in [-0.2, 0) is 6.54 Å². The molecule has 200 valence electrons. The Morgan fingerprint density at radius 1 is 1.21 bits per heavy atom. The van der Waals surface area contributed by atoms with Gasteiger partial charge in [0.1, 0.15) is 11.4 Å². The third-order valence-corrected chi connectivity index (χ3v) is 6.81. The van der Waals surface area contributed by atoms with Crippen molar-refractivity contribution in [2.75, 3.05) is 23.3 Å². The number of hydrogen-bond donors (Lipinski definition) is 3. The number of anilines is 2. The molecule has 2 aromatic carbocycles. The lowest BCUT2D eigenvalue weighted by atomic mass is 10.0. The molecule has 38 heavy (non-hydrogen) atoms. The van der Waals surface area contributed by atoms with E-state index >= 15 is 0 Å². The number of hydrogen-bond acceptors (Lipinski definition) is 5. The van der Waals surface area contributed by atoms with Crippen LogP contribution in [0.2, 0.25) is 0 Å². The number of aliphatic hydroxyl groups excluding tert-OH is 1. The van der Waals surface area contributed by atoms with Gasteiger partial charge in [-0.05, 0) is 68.8 Å². The highest BCUT2D eigenvalue weighted by molar-refractivity contribution is 6.20. The highest BCUT2D eigenvalue weighted by atomic mass is 35.5. The van der Waals surface area contributed by atoms with E-state index in [1.807, 2.05) is 26.0 Å². The Morgan fingerprint density at radius 2 is 1.95 bits per heavy atom. The minimum absolute atomic E-state index is 0.0624. The smallest absolute Gasteiger partial charge is 0.420 e. The number of rotatable bonds is 7. The molecule has 1 aromatic heterocycles. The number of β-amino-alcohol motifs (C(OH)–C–C–N with tert-alkyl or cyclic N) is 1. The minimum Gasteiger partial charge on any atom is -0.420 e. The summed E-state index contributed by atoms with van der Waals surface area (Å²) in [5.41, 5.74) is 0.637. The standard InChI is InChI=1S/C27H27ClF2N4O4/c1-15(2)34-13-17-12-22(32-24(17)26(34)37)21-11-16(3-8-23(21)33-10-9-19(35)14-33)25(36)31-18-4-6-20(7-5-18)38-27(28,29)30/h3-8,11-12,15,19,32,35H,9-10,13-14H2,1-2H3,(H,31,36)/t19-/m1/s1. The minimum atomic E-state index is -3.83. The molecule has 3 aromatic rings. The summed E-state index contributed by atoms with van der Waals surface area (Å²) in [6.45, 7) is 5.58. The average molecular weight is 545 g/mol. The summed E-state index contributed by atoms with van der Waals surface area (Å²) in [4.78, 5) is 33.1. The fourth-order valence-electron chi connectivity index (χ4n) is 4.85. The summed E-state index contributed by atoms with van der Waals surface area (Å²) in [6, 6.07) is 12.7. The molecule has 0 spiro atoms. The molecule has 8 nitrogen and oxygen atoms in total. The van der Waals surface area contributed by atoms with Crippen molar-refractivity contribution in [1.82, 2.24) is 9.88 Å². The molecule has 11 heteroatoms. The van der Waals surface area contributed by atoms with E-state index in [0.29, 0.717) is 48.7 Å². The number of nitrogens with one attached hydrogen (secondary N) is 2. The van der Waals surface area contributed by atoms with Gasteiger partial charge in [-0.25, -0.2) is 0 Å². The predicted molar refractivity (Wildman–Crippen MR) is 140 cm³/mol. The molecule has 3 heterocycles. The molecule has 1 atom stereocenters. The van der Waals surface area contributed by atoms with Gasteiger partial charge in [-0.2, -0.15) is 0 Å². The van der Waals surface area contributed by atoms with Gasteiger partial charge in [0, 0.05) is 71.0 Å². The maximum Gasteiger partial charge on any atom is 0.487 e. The quantitative estimate of drug-likeness (QED) is 0.362. The second-order valence-corrected chi connectivity index (χ2v) is 10.2. The van der Waals surface area contributed by atoms with E-state index in [0.717, 1.165) is 16.8 Å². The molecule has 2 aliphatic heterocycles. The number of amides is 2. The molecular formula is C27H27ClF2N4O4. The van der Waals surface area contributed by atoms with E-state index in [4.69, 9.17) is 11.6 Å². The Morgan fingerprint density at radius 3 is 2.55 bits per heavy atom. The Kier molecular flexibility index (Phi) is 6.79. The molecule has 1 saturated heterocycles. The third kappa shape index (κ3) is 5.32. The summed E-state index contributed by atoms with van der Waals surface area (Å²) >= 11 is 4.79. The fraction of sp³-hybridized carbons (Fsp3) is 0.333. The topological polar surface area (TPSA) is 97.9 Å². The van der Waals surface area contributed by atoms with Crippen molar-refractivity contribution in [1.29, 1.82) is 0 Å². The van der Waals surface area contributed by atoms with E-state index in [-0.39, 0.29) is 17.7 Å². The number of H-pyrrole nitrogens is 1. The number of carbonyl (C=O) groups excluding carboxylic acids is 2. The molecule has 2 amide bonds. The average Bonchev–Trinajstić information content (AvgIpc) is 3.55. The van der Waals surface area contributed by atoms with Crippen molar-refractivity contribution in [2.45, 2.75) is 44.5 Å². The van der Waals surface area contributed by atoms with E-state index in [1.54, 1.807) is 17.0 Å². The molecule has 0 saturated carbocycles.